The van der Waals surface area contributed by atoms with Crippen molar-refractivity contribution in [2.45, 2.75) is 76.5 Å². The number of nitrogens with two attached hydrogens (primary N) is 1. The molecule has 4 unspecified atom stereocenters. The molecule has 4 atom stereocenters. The molecule has 0 bridgehead atoms. The van der Waals surface area contributed by atoms with Crippen LogP contribution >= 0.6 is 0 Å². The van der Waals surface area contributed by atoms with Gasteiger partial charge in [0, 0.05) is 6.04 Å². The van der Waals surface area contributed by atoms with Gasteiger partial charge in [-0.05, 0) is 31.6 Å². The molecule has 0 saturated heterocycles. The molecule has 2 N–H and O–H groups in total. The molecular formula is C13H25NO. The van der Waals surface area contributed by atoms with Crippen LogP contribution in [0.1, 0.15) is 58.3 Å². The predicted octanol–water partition coefficient (Wildman–Crippen LogP) is 2.85. The minimum atomic E-state index is 0.302. The molecule has 0 aliphatic heterocycles. The molecule has 2 nitrogen and oxygen atoms in total. The SMILES string of the molecule is CC1CCCC(OC2CCCCC2N)C1. The minimum Gasteiger partial charge on any atom is -0.373 e. The Kier molecular flexibility index (Phi) is 4.04. The van der Waals surface area contributed by atoms with E-state index in [2.05, 4.69) is 6.92 Å². The van der Waals surface area contributed by atoms with Gasteiger partial charge in [0.15, 0.2) is 0 Å². The van der Waals surface area contributed by atoms with Crippen molar-refractivity contribution in [3.8, 4) is 0 Å². The van der Waals surface area contributed by atoms with Crippen LogP contribution in [0.2, 0.25) is 0 Å². The summed E-state index contributed by atoms with van der Waals surface area (Å²) in [5.74, 6) is 0.851. The van der Waals surface area contributed by atoms with Crippen LogP contribution in [-0.4, -0.2) is 18.2 Å². The van der Waals surface area contributed by atoms with Crippen LogP contribution in [0, 0.1) is 5.92 Å². The summed E-state index contributed by atoms with van der Waals surface area (Å²) in [7, 11) is 0. The lowest BCUT2D eigenvalue weighted by molar-refractivity contribution is -0.0611. The van der Waals surface area contributed by atoms with Gasteiger partial charge in [-0.1, -0.05) is 32.6 Å². The number of ether oxygens (including phenoxy) is 1. The lowest BCUT2D eigenvalue weighted by Crippen LogP contribution is -2.42. The van der Waals surface area contributed by atoms with Crippen molar-refractivity contribution in [3.05, 3.63) is 0 Å². The van der Waals surface area contributed by atoms with E-state index >= 15 is 0 Å². The molecule has 2 heteroatoms. The highest BCUT2D eigenvalue weighted by Gasteiger charge is 2.27. The Morgan fingerprint density at radius 1 is 1.00 bits per heavy atom. The highest BCUT2D eigenvalue weighted by atomic mass is 16.5. The molecule has 0 radical (unpaired) electrons. The molecule has 2 rings (SSSR count). The van der Waals surface area contributed by atoms with Crippen LogP contribution in [0.3, 0.4) is 0 Å². The Labute approximate surface area is 93.6 Å². The summed E-state index contributed by atoms with van der Waals surface area (Å²) in [4.78, 5) is 0. The van der Waals surface area contributed by atoms with Gasteiger partial charge >= 0.3 is 0 Å². The largest absolute Gasteiger partial charge is 0.373 e. The molecule has 2 fully saturated rings. The van der Waals surface area contributed by atoms with Crippen LogP contribution in [-0.2, 0) is 4.74 Å². The smallest absolute Gasteiger partial charge is 0.0729 e. The first-order chi connectivity index (χ1) is 7.25. The van der Waals surface area contributed by atoms with Gasteiger partial charge < -0.3 is 10.5 Å². The van der Waals surface area contributed by atoms with E-state index in [4.69, 9.17) is 10.5 Å². The summed E-state index contributed by atoms with van der Waals surface area (Å²) < 4.78 is 6.19. The second-order valence-electron chi connectivity index (χ2n) is 5.52. The number of hydrogen-bond acceptors (Lipinski definition) is 2. The van der Waals surface area contributed by atoms with Crippen LogP contribution < -0.4 is 5.73 Å². The van der Waals surface area contributed by atoms with E-state index in [-0.39, 0.29) is 0 Å². The van der Waals surface area contributed by atoms with E-state index in [1.807, 2.05) is 0 Å². The van der Waals surface area contributed by atoms with Gasteiger partial charge in [0.1, 0.15) is 0 Å². The zero-order chi connectivity index (χ0) is 10.7. The van der Waals surface area contributed by atoms with Crippen molar-refractivity contribution < 1.29 is 4.74 Å². The highest BCUT2D eigenvalue weighted by molar-refractivity contribution is 4.81. The van der Waals surface area contributed by atoms with E-state index in [9.17, 15) is 0 Å². The van der Waals surface area contributed by atoms with Gasteiger partial charge in [-0.15, -0.1) is 0 Å². The second kappa shape index (κ2) is 5.31. The molecule has 0 aromatic carbocycles. The van der Waals surface area contributed by atoms with Gasteiger partial charge in [0.05, 0.1) is 12.2 Å². The zero-order valence-corrected chi connectivity index (χ0v) is 9.95. The molecule has 15 heavy (non-hydrogen) atoms. The van der Waals surface area contributed by atoms with E-state index in [1.165, 1.54) is 44.9 Å². The maximum Gasteiger partial charge on any atom is 0.0729 e. The fourth-order valence-corrected chi connectivity index (χ4v) is 3.04. The Bertz CT molecular complexity index is 195. The molecule has 88 valence electrons. The van der Waals surface area contributed by atoms with Crippen molar-refractivity contribution in [1.29, 1.82) is 0 Å². The van der Waals surface area contributed by atoms with Crippen LogP contribution in [0.15, 0.2) is 0 Å². The van der Waals surface area contributed by atoms with Gasteiger partial charge in [0.2, 0.25) is 0 Å². The van der Waals surface area contributed by atoms with Gasteiger partial charge in [-0.25, -0.2) is 0 Å². The van der Waals surface area contributed by atoms with E-state index in [0.29, 0.717) is 18.2 Å². The van der Waals surface area contributed by atoms with Crippen LogP contribution in [0.25, 0.3) is 0 Å². The fourth-order valence-electron chi connectivity index (χ4n) is 3.04. The lowest BCUT2D eigenvalue weighted by Gasteiger charge is -2.35. The number of hydrogen-bond donors (Lipinski definition) is 1. The second-order valence-corrected chi connectivity index (χ2v) is 5.52. The third-order valence-electron chi connectivity index (χ3n) is 4.01. The number of rotatable bonds is 2. The Morgan fingerprint density at radius 2 is 1.80 bits per heavy atom. The molecule has 2 saturated carbocycles. The average molecular weight is 211 g/mol. The van der Waals surface area contributed by atoms with Crippen molar-refractivity contribution >= 4 is 0 Å². The first-order valence-corrected chi connectivity index (χ1v) is 6.66. The summed E-state index contributed by atoms with van der Waals surface area (Å²) in [6, 6.07) is 0.302. The topological polar surface area (TPSA) is 35.2 Å². The van der Waals surface area contributed by atoms with E-state index in [0.717, 1.165) is 12.3 Å². The van der Waals surface area contributed by atoms with Crippen molar-refractivity contribution in [1.82, 2.24) is 0 Å². The van der Waals surface area contributed by atoms with E-state index < -0.39 is 0 Å². The highest BCUT2D eigenvalue weighted by Crippen LogP contribution is 2.29. The van der Waals surface area contributed by atoms with Crippen LogP contribution in [0.5, 0.6) is 0 Å². The normalized spacial score (nSPS) is 42.8. The molecular weight excluding hydrogens is 186 g/mol. The van der Waals surface area contributed by atoms with Crippen LogP contribution in [0.4, 0.5) is 0 Å². The van der Waals surface area contributed by atoms with Gasteiger partial charge in [0.25, 0.3) is 0 Å². The average Bonchev–Trinajstić information content (AvgIpc) is 2.22. The molecule has 0 amide bonds. The zero-order valence-electron chi connectivity index (χ0n) is 9.95. The van der Waals surface area contributed by atoms with Crippen molar-refractivity contribution in [2.24, 2.45) is 11.7 Å². The fraction of sp³-hybridized carbons (Fsp3) is 1.00. The summed E-state index contributed by atoms with van der Waals surface area (Å²) in [5.41, 5.74) is 6.11. The van der Waals surface area contributed by atoms with Crippen molar-refractivity contribution in [2.75, 3.05) is 0 Å². The molecule has 2 aliphatic rings. The van der Waals surface area contributed by atoms with Gasteiger partial charge in [-0.2, -0.15) is 0 Å². The van der Waals surface area contributed by atoms with E-state index in [1.54, 1.807) is 0 Å². The summed E-state index contributed by atoms with van der Waals surface area (Å²) in [5, 5.41) is 0. The molecule has 2 aliphatic carbocycles. The van der Waals surface area contributed by atoms with Crippen molar-refractivity contribution in [3.63, 3.8) is 0 Å². The maximum absolute atomic E-state index is 6.19. The summed E-state index contributed by atoms with van der Waals surface area (Å²) in [6.45, 7) is 2.34. The first-order valence-electron chi connectivity index (χ1n) is 6.66. The third kappa shape index (κ3) is 3.18. The quantitative estimate of drug-likeness (QED) is 0.762. The Hall–Kier alpha value is -0.0800. The first kappa shape index (κ1) is 11.4. The molecule has 0 aromatic heterocycles. The molecule has 0 spiro atoms. The molecule has 0 heterocycles. The monoisotopic (exact) mass is 211 g/mol. The standard InChI is InChI=1S/C13H25NO/c1-10-5-4-6-11(9-10)15-13-8-3-2-7-12(13)14/h10-13H,2-9,14H2,1H3. The predicted molar refractivity (Wildman–Crippen MR) is 62.7 cm³/mol. The third-order valence-corrected chi connectivity index (χ3v) is 4.01. The lowest BCUT2D eigenvalue weighted by atomic mass is 9.87. The minimum absolute atomic E-state index is 0.302. The Morgan fingerprint density at radius 3 is 2.53 bits per heavy atom. The molecule has 0 aromatic rings. The maximum atomic E-state index is 6.19. The summed E-state index contributed by atoms with van der Waals surface area (Å²) >= 11 is 0. The summed E-state index contributed by atoms with van der Waals surface area (Å²) in [6.07, 6.45) is 11.0. The van der Waals surface area contributed by atoms with Gasteiger partial charge in [-0.3, -0.25) is 0 Å². The Balaban J connectivity index is 1.79.